The second-order valence-corrected chi connectivity index (χ2v) is 3.88. The van der Waals surface area contributed by atoms with Crippen LogP contribution < -0.4 is 11.1 Å². The molecule has 5 nitrogen and oxygen atoms in total. The molecule has 0 bridgehead atoms. The molecule has 0 aliphatic heterocycles. The molecule has 0 unspecified atom stereocenters. The zero-order valence-corrected chi connectivity index (χ0v) is 9.17. The molecule has 82 valence electrons. The van der Waals surface area contributed by atoms with Gasteiger partial charge >= 0.3 is 0 Å². The Bertz CT molecular complexity index is 452. The SMILES string of the molecule is N#Cc1ccccc1NC(=O)CSC(=N)N. The van der Waals surface area contributed by atoms with E-state index >= 15 is 0 Å². The third kappa shape index (κ3) is 3.63. The van der Waals surface area contributed by atoms with E-state index in [4.69, 9.17) is 16.4 Å². The van der Waals surface area contributed by atoms with E-state index in [1.165, 1.54) is 0 Å². The van der Waals surface area contributed by atoms with Gasteiger partial charge in [-0.3, -0.25) is 10.2 Å². The monoisotopic (exact) mass is 234 g/mol. The molecule has 4 N–H and O–H groups in total. The van der Waals surface area contributed by atoms with Crippen molar-refractivity contribution in [2.75, 3.05) is 11.1 Å². The van der Waals surface area contributed by atoms with Crippen LogP contribution >= 0.6 is 11.8 Å². The Labute approximate surface area is 97.1 Å². The topological polar surface area (TPSA) is 103 Å². The maximum Gasteiger partial charge on any atom is 0.234 e. The van der Waals surface area contributed by atoms with Crippen molar-refractivity contribution in [2.24, 2.45) is 5.73 Å². The lowest BCUT2D eigenvalue weighted by molar-refractivity contribution is -0.113. The number of amidine groups is 1. The smallest absolute Gasteiger partial charge is 0.234 e. The van der Waals surface area contributed by atoms with Crippen LogP contribution in [-0.4, -0.2) is 16.8 Å². The normalized spacial score (nSPS) is 9.19. The number of anilines is 1. The zero-order chi connectivity index (χ0) is 12.0. The first-order chi connectivity index (χ1) is 7.63. The molecule has 0 aromatic heterocycles. The van der Waals surface area contributed by atoms with Crippen LogP contribution in [0.1, 0.15) is 5.56 Å². The molecule has 0 saturated carbocycles. The van der Waals surface area contributed by atoms with Gasteiger partial charge in [0.1, 0.15) is 6.07 Å². The fourth-order valence-electron chi connectivity index (χ4n) is 1.02. The first-order valence-corrected chi connectivity index (χ1v) is 5.38. The van der Waals surface area contributed by atoms with Crippen molar-refractivity contribution in [3.63, 3.8) is 0 Å². The highest BCUT2D eigenvalue weighted by Gasteiger charge is 2.06. The van der Waals surface area contributed by atoms with Crippen molar-refractivity contribution >= 4 is 28.5 Å². The first-order valence-electron chi connectivity index (χ1n) is 4.39. The van der Waals surface area contributed by atoms with Crippen LogP contribution in [0.25, 0.3) is 0 Å². The summed E-state index contributed by atoms with van der Waals surface area (Å²) in [5.41, 5.74) is 5.98. The molecule has 0 atom stereocenters. The summed E-state index contributed by atoms with van der Waals surface area (Å²) >= 11 is 0.938. The highest BCUT2D eigenvalue weighted by Crippen LogP contribution is 2.13. The van der Waals surface area contributed by atoms with Gasteiger partial charge in [-0.05, 0) is 12.1 Å². The third-order valence-electron chi connectivity index (χ3n) is 1.68. The van der Waals surface area contributed by atoms with Crippen LogP contribution in [0, 0.1) is 16.7 Å². The van der Waals surface area contributed by atoms with Gasteiger partial charge in [0.25, 0.3) is 0 Å². The number of nitrogens with one attached hydrogen (secondary N) is 2. The van der Waals surface area contributed by atoms with E-state index in [0.717, 1.165) is 11.8 Å². The Morgan fingerprint density at radius 1 is 1.56 bits per heavy atom. The number of carbonyl (C=O) groups is 1. The summed E-state index contributed by atoms with van der Waals surface area (Å²) in [6.07, 6.45) is 0. The number of amides is 1. The predicted octanol–water partition coefficient (Wildman–Crippen LogP) is 1.12. The number of nitrogens with two attached hydrogens (primary N) is 1. The Morgan fingerprint density at radius 3 is 2.88 bits per heavy atom. The van der Waals surface area contributed by atoms with E-state index in [2.05, 4.69) is 5.32 Å². The van der Waals surface area contributed by atoms with Gasteiger partial charge in [0.2, 0.25) is 5.91 Å². The molecule has 0 fully saturated rings. The van der Waals surface area contributed by atoms with Crippen LogP contribution in [0.5, 0.6) is 0 Å². The summed E-state index contributed by atoms with van der Waals surface area (Å²) in [5, 5.41) is 18.2. The van der Waals surface area contributed by atoms with Crippen LogP contribution in [0.4, 0.5) is 5.69 Å². The lowest BCUT2D eigenvalue weighted by atomic mass is 10.2. The molecule has 16 heavy (non-hydrogen) atoms. The van der Waals surface area contributed by atoms with Crippen LogP contribution in [-0.2, 0) is 4.79 Å². The number of carbonyl (C=O) groups excluding carboxylic acids is 1. The highest BCUT2D eigenvalue weighted by atomic mass is 32.2. The van der Waals surface area contributed by atoms with E-state index in [-0.39, 0.29) is 16.8 Å². The average Bonchev–Trinajstić information content (AvgIpc) is 2.27. The standard InChI is InChI=1S/C10H10N4OS/c11-5-7-3-1-2-4-8(7)14-9(15)6-16-10(12)13/h1-4H,6H2,(H3,12,13)(H,14,15). The van der Waals surface area contributed by atoms with Gasteiger partial charge in [-0.1, -0.05) is 23.9 Å². The van der Waals surface area contributed by atoms with Gasteiger partial charge in [-0.25, -0.2) is 0 Å². The van der Waals surface area contributed by atoms with Gasteiger partial charge in [-0.2, -0.15) is 5.26 Å². The van der Waals surface area contributed by atoms with Crippen molar-refractivity contribution < 1.29 is 4.79 Å². The molecule has 0 saturated heterocycles. The molecule has 0 heterocycles. The van der Waals surface area contributed by atoms with E-state index in [1.807, 2.05) is 6.07 Å². The average molecular weight is 234 g/mol. The van der Waals surface area contributed by atoms with Crippen LogP contribution in [0.2, 0.25) is 0 Å². The lowest BCUT2D eigenvalue weighted by Gasteiger charge is -2.05. The van der Waals surface area contributed by atoms with Crippen LogP contribution in [0.3, 0.4) is 0 Å². The van der Waals surface area contributed by atoms with Crippen molar-refractivity contribution in [2.45, 2.75) is 0 Å². The summed E-state index contributed by atoms with van der Waals surface area (Å²) in [4.78, 5) is 11.4. The molecule has 1 aromatic rings. The fourth-order valence-corrected chi connectivity index (χ4v) is 1.38. The molecule has 0 aliphatic rings. The molecular formula is C10H10N4OS. The molecule has 6 heteroatoms. The van der Waals surface area contributed by atoms with E-state index in [9.17, 15) is 4.79 Å². The molecule has 0 radical (unpaired) electrons. The van der Waals surface area contributed by atoms with Gasteiger partial charge in [0, 0.05) is 0 Å². The number of thioether (sulfide) groups is 1. The Morgan fingerprint density at radius 2 is 2.25 bits per heavy atom. The van der Waals surface area contributed by atoms with Crippen molar-refractivity contribution in [3.05, 3.63) is 29.8 Å². The number of hydrogen-bond donors (Lipinski definition) is 3. The number of nitriles is 1. The van der Waals surface area contributed by atoms with E-state index < -0.39 is 0 Å². The summed E-state index contributed by atoms with van der Waals surface area (Å²) < 4.78 is 0. The maximum atomic E-state index is 11.4. The molecule has 1 aromatic carbocycles. The number of nitrogens with zero attached hydrogens (tertiary/aromatic N) is 1. The highest BCUT2D eigenvalue weighted by molar-refractivity contribution is 8.14. The molecular weight excluding hydrogens is 224 g/mol. The van der Waals surface area contributed by atoms with Gasteiger partial charge < -0.3 is 11.1 Å². The summed E-state index contributed by atoms with van der Waals surface area (Å²) in [7, 11) is 0. The van der Waals surface area contributed by atoms with Crippen molar-refractivity contribution in [1.82, 2.24) is 0 Å². The summed E-state index contributed by atoms with van der Waals surface area (Å²) in [6, 6.07) is 8.70. The fraction of sp³-hybridized carbons (Fsp3) is 0.100. The minimum atomic E-state index is -0.289. The maximum absolute atomic E-state index is 11.4. The van der Waals surface area contributed by atoms with Crippen molar-refractivity contribution in [3.8, 4) is 6.07 Å². The minimum absolute atomic E-state index is 0.0646. The molecule has 1 rings (SSSR count). The number of para-hydroxylation sites is 1. The number of rotatable bonds is 3. The van der Waals surface area contributed by atoms with E-state index in [1.54, 1.807) is 24.3 Å². The summed E-state index contributed by atoms with van der Waals surface area (Å²) in [6.45, 7) is 0. The van der Waals surface area contributed by atoms with Crippen LogP contribution in [0.15, 0.2) is 24.3 Å². The van der Waals surface area contributed by atoms with Gasteiger partial charge in [-0.15, -0.1) is 0 Å². The lowest BCUT2D eigenvalue weighted by Crippen LogP contribution is -2.17. The molecule has 1 amide bonds. The second kappa shape index (κ2) is 5.78. The zero-order valence-electron chi connectivity index (χ0n) is 8.36. The third-order valence-corrected chi connectivity index (χ3v) is 2.40. The van der Waals surface area contributed by atoms with Gasteiger partial charge in [0.15, 0.2) is 5.17 Å². The second-order valence-electron chi connectivity index (χ2n) is 2.86. The summed E-state index contributed by atoms with van der Waals surface area (Å²) in [5.74, 6) is -0.224. The predicted molar refractivity (Wildman–Crippen MR) is 64.2 cm³/mol. The molecule has 0 aliphatic carbocycles. The Hall–Kier alpha value is -2.00. The van der Waals surface area contributed by atoms with Gasteiger partial charge in [0.05, 0.1) is 17.0 Å². The number of benzene rings is 1. The number of hydrogen-bond acceptors (Lipinski definition) is 4. The minimum Gasteiger partial charge on any atom is -0.379 e. The first kappa shape index (κ1) is 12.1. The quantitative estimate of drug-likeness (QED) is 0.538. The largest absolute Gasteiger partial charge is 0.379 e. The Balaban J connectivity index is 2.63. The Kier molecular flexibility index (Phi) is 4.36. The van der Waals surface area contributed by atoms with Crippen molar-refractivity contribution in [1.29, 1.82) is 10.7 Å². The molecule has 0 spiro atoms. The van der Waals surface area contributed by atoms with E-state index in [0.29, 0.717) is 11.3 Å².